The summed E-state index contributed by atoms with van der Waals surface area (Å²) in [5.74, 6) is -0.549. The third kappa shape index (κ3) is 1.64. The summed E-state index contributed by atoms with van der Waals surface area (Å²) in [6.07, 6.45) is 0. The Labute approximate surface area is 61.8 Å². The second-order valence-corrected chi connectivity index (χ2v) is 1.84. The van der Waals surface area contributed by atoms with Crippen LogP contribution in [-0.2, 0) is 0 Å². The third-order valence-corrected chi connectivity index (χ3v) is 1.11. The molecule has 0 bridgehead atoms. The second kappa shape index (κ2) is 2.96. The van der Waals surface area contributed by atoms with Crippen LogP contribution in [0.5, 0.6) is 0 Å². The van der Waals surface area contributed by atoms with Crippen LogP contribution in [0, 0.1) is 11.0 Å². The maximum absolute atomic E-state index is 12.4. The van der Waals surface area contributed by atoms with Crippen LogP contribution in [0.4, 0.5) is 10.1 Å². The Balaban J connectivity index is 3.06. The van der Waals surface area contributed by atoms with Gasteiger partial charge >= 0.3 is 0 Å². The first-order valence-electron chi connectivity index (χ1n) is 2.82. The zero-order chi connectivity index (χ0) is 8.27. The Kier molecular flexibility index (Phi) is 2.00. The van der Waals surface area contributed by atoms with Gasteiger partial charge in [0.2, 0.25) is 5.28 Å². The first-order valence-corrected chi connectivity index (χ1v) is 2.82. The van der Waals surface area contributed by atoms with Crippen LogP contribution in [0.25, 0.3) is 0 Å². The quantitative estimate of drug-likeness (QED) is 0.383. The van der Waals surface area contributed by atoms with Gasteiger partial charge in [-0.1, -0.05) is 6.07 Å². The summed E-state index contributed by atoms with van der Waals surface area (Å²) in [4.78, 5) is -0.0803. The van der Waals surface area contributed by atoms with Crippen LogP contribution in [0.3, 0.4) is 0 Å². The molecule has 0 heterocycles. The number of nitrogens with zero attached hydrogens (tertiary/aromatic N) is 2. The van der Waals surface area contributed by atoms with E-state index in [9.17, 15) is 9.60 Å². The number of benzene rings is 1. The Morgan fingerprint density at radius 1 is 1.55 bits per heavy atom. The number of rotatable bonds is 1. The van der Waals surface area contributed by atoms with E-state index in [-0.39, 0.29) is 10.5 Å². The lowest BCUT2D eigenvalue weighted by Gasteiger charge is -1.94. The highest BCUT2D eigenvalue weighted by Gasteiger charge is 2.02. The van der Waals surface area contributed by atoms with Crippen LogP contribution in [0.1, 0.15) is 0 Å². The Bertz CT molecular complexity index is 288. The zero-order valence-corrected chi connectivity index (χ0v) is 5.44. The number of halogens is 1. The fourth-order valence-electron chi connectivity index (χ4n) is 0.647. The van der Waals surface area contributed by atoms with Gasteiger partial charge in [0, 0.05) is 12.1 Å². The molecule has 0 unspecified atom stereocenters. The van der Waals surface area contributed by atoms with E-state index in [1.54, 1.807) is 0 Å². The first kappa shape index (κ1) is 7.46. The van der Waals surface area contributed by atoms with Crippen molar-refractivity contribution in [3.8, 4) is 0 Å². The lowest BCUT2D eigenvalue weighted by Crippen LogP contribution is -1.90. The van der Waals surface area contributed by atoms with Gasteiger partial charge in [0.1, 0.15) is 5.82 Å². The van der Waals surface area contributed by atoms with Crippen molar-refractivity contribution in [1.82, 2.24) is 0 Å². The maximum Gasteiger partial charge on any atom is 0.251 e. The summed E-state index contributed by atoms with van der Waals surface area (Å²) in [5.41, 5.74) is -0.0486. The summed E-state index contributed by atoms with van der Waals surface area (Å²) >= 11 is 0. The van der Waals surface area contributed by atoms with Gasteiger partial charge in [-0.3, -0.25) is 0 Å². The fourth-order valence-corrected chi connectivity index (χ4v) is 0.647. The monoisotopic (exact) mass is 156 g/mol. The number of hydrogen-bond donors (Lipinski definition) is 1. The van der Waals surface area contributed by atoms with Crippen LogP contribution in [0.15, 0.2) is 29.5 Å². The third-order valence-electron chi connectivity index (χ3n) is 1.11. The van der Waals surface area contributed by atoms with Crippen LogP contribution in [0.2, 0.25) is 0 Å². The molecule has 0 atom stereocenters. The van der Waals surface area contributed by atoms with Gasteiger partial charge in [0.05, 0.1) is 0 Å². The number of hydrogen-bond acceptors (Lipinski definition) is 2. The molecule has 0 amide bonds. The molecule has 1 rings (SSSR count). The molecule has 4 nitrogen and oxygen atoms in total. The molecule has 1 N–H and O–H groups in total. The molecular weight excluding hydrogens is 151 g/mol. The average Bonchev–Trinajstić information content (AvgIpc) is 2.03. The first-order chi connectivity index (χ1) is 5.24. The normalized spacial score (nSPS) is 11.5. The van der Waals surface area contributed by atoms with Crippen LogP contribution >= 0.6 is 0 Å². The largest absolute Gasteiger partial charge is 0.592 e. The van der Waals surface area contributed by atoms with Crippen molar-refractivity contribution in [3.63, 3.8) is 0 Å². The summed E-state index contributed by atoms with van der Waals surface area (Å²) in [7, 11) is 0. The maximum atomic E-state index is 12.4. The van der Waals surface area contributed by atoms with Gasteiger partial charge in [-0.05, 0) is 10.9 Å². The predicted molar refractivity (Wildman–Crippen MR) is 33.9 cm³/mol. The predicted octanol–water partition coefficient (Wildman–Crippen LogP) is 1.81. The summed E-state index contributed by atoms with van der Waals surface area (Å²) in [5, 5.41) is 20.8. The van der Waals surface area contributed by atoms with E-state index >= 15 is 0 Å². The molecule has 0 saturated heterocycles. The summed E-state index contributed by atoms with van der Waals surface area (Å²) in [6.45, 7) is 0. The van der Waals surface area contributed by atoms with Gasteiger partial charge in [-0.2, -0.15) is 0 Å². The molecule has 0 aromatic heterocycles. The molecule has 0 aliphatic rings. The summed E-state index contributed by atoms with van der Waals surface area (Å²) < 4.78 is 12.4. The topological polar surface area (TPSA) is 58.7 Å². The van der Waals surface area contributed by atoms with E-state index in [1.807, 2.05) is 0 Å². The summed E-state index contributed by atoms with van der Waals surface area (Å²) in [6, 6.07) is 4.83. The molecule has 5 heteroatoms. The van der Waals surface area contributed by atoms with Crippen molar-refractivity contribution in [1.29, 1.82) is 0 Å². The SMILES string of the molecule is [O-]/[N+](=N\O)c1cccc(F)c1. The Morgan fingerprint density at radius 3 is 2.82 bits per heavy atom. The Morgan fingerprint density at radius 2 is 2.27 bits per heavy atom. The minimum atomic E-state index is -0.549. The Hall–Kier alpha value is -1.65. The molecule has 0 saturated carbocycles. The fraction of sp³-hybridized carbons (Fsp3) is 0. The van der Waals surface area contributed by atoms with Crippen LogP contribution in [-0.4, -0.2) is 10.1 Å². The molecule has 0 aliphatic carbocycles. The van der Waals surface area contributed by atoms with E-state index in [2.05, 4.69) is 5.28 Å². The van der Waals surface area contributed by atoms with E-state index < -0.39 is 5.82 Å². The highest BCUT2D eigenvalue weighted by molar-refractivity contribution is 5.28. The van der Waals surface area contributed by atoms with Crippen molar-refractivity contribution in [2.75, 3.05) is 0 Å². The van der Waals surface area contributed by atoms with Gasteiger partial charge in [0.25, 0.3) is 5.69 Å². The van der Waals surface area contributed by atoms with Crippen molar-refractivity contribution < 1.29 is 14.5 Å². The highest BCUT2D eigenvalue weighted by atomic mass is 19.1. The highest BCUT2D eigenvalue weighted by Crippen LogP contribution is 2.11. The molecule has 0 spiro atoms. The molecule has 0 fully saturated rings. The van der Waals surface area contributed by atoms with Crippen LogP contribution < -0.4 is 0 Å². The van der Waals surface area contributed by atoms with Crippen molar-refractivity contribution in [3.05, 3.63) is 35.3 Å². The average molecular weight is 156 g/mol. The van der Waals surface area contributed by atoms with Gasteiger partial charge < -0.3 is 10.4 Å². The van der Waals surface area contributed by atoms with E-state index in [4.69, 9.17) is 5.21 Å². The molecule has 58 valence electrons. The van der Waals surface area contributed by atoms with Crippen molar-refractivity contribution in [2.24, 2.45) is 5.28 Å². The van der Waals surface area contributed by atoms with E-state index in [0.717, 1.165) is 6.07 Å². The lowest BCUT2D eigenvalue weighted by atomic mass is 10.3. The second-order valence-electron chi connectivity index (χ2n) is 1.84. The molecular formula is C6H5FN2O2. The van der Waals surface area contributed by atoms with Crippen molar-refractivity contribution >= 4 is 5.69 Å². The molecule has 0 radical (unpaired) electrons. The van der Waals surface area contributed by atoms with E-state index in [0.29, 0.717) is 0 Å². The minimum absolute atomic E-state index is 0.0486. The van der Waals surface area contributed by atoms with Gasteiger partial charge in [-0.15, -0.1) is 0 Å². The van der Waals surface area contributed by atoms with Gasteiger partial charge in [0.15, 0.2) is 0 Å². The molecule has 1 aromatic rings. The smallest absolute Gasteiger partial charge is 0.251 e. The van der Waals surface area contributed by atoms with Crippen molar-refractivity contribution in [2.45, 2.75) is 0 Å². The van der Waals surface area contributed by atoms with Gasteiger partial charge in [-0.25, -0.2) is 4.39 Å². The molecule has 11 heavy (non-hydrogen) atoms. The molecule has 0 aliphatic heterocycles. The molecule has 1 aromatic carbocycles. The van der Waals surface area contributed by atoms with E-state index in [1.165, 1.54) is 18.2 Å². The lowest BCUT2D eigenvalue weighted by molar-refractivity contribution is -0.474. The standard InChI is InChI=1S/C6H5FN2O2/c7-5-2-1-3-6(4-5)9(11)8-10/h1-4,10H/b9-8-. The zero-order valence-electron chi connectivity index (χ0n) is 5.44. The minimum Gasteiger partial charge on any atom is -0.592 e.